The molecule has 0 fully saturated rings. The second-order valence-corrected chi connectivity index (χ2v) is 32.2. The number of para-hydroxylation sites is 7. The third kappa shape index (κ3) is 11.0. The fourth-order valence-electron chi connectivity index (χ4n) is 19.0. The summed E-state index contributed by atoms with van der Waals surface area (Å²) in [5.41, 5.74) is 36.3. The quantitative estimate of drug-likeness (QED) is 0.134. The Morgan fingerprint density at radius 3 is 1.23 bits per heavy atom. The number of nitrogens with zero attached hydrogens (tertiary/aromatic N) is 3. The zero-order valence-corrected chi connectivity index (χ0v) is 64.7. The van der Waals surface area contributed by atoms with Crippen molar-refractivity contribution in [1.29, 1.82) is 0 Å². The Morgan fingerprint density at radius 2 is 0.655 bits per heavy atom. The van der Waals surface area contributed by atoms with Crippen molar-refractivity contribution in [3.05, 3.63) is 428 Å². The van der Waals surface area contributed by atoms with Crippen molar-refractivity contribution >= 4 is 119 Å². The summed E-state index contributed by atoms with van der Waals surface area (Å²) in [6, 6.07) is 147. The normalized spacial score (nSPS) is 12.7. The van der Waals surface area contributed by atoms with Crippen LogP contribution in [0.5, 0.6) is 0 Å². The molecular weight excluding hydrogens is 1420 g/mol. The predicted octanol–water partition coefficient (Wildman–Crippen LogP) is 30.7. The van der Waals surface area contributed by atoms with Gasteiger partial charge in [-0.25, -0.2) is 0 Å². The molecule has 0 saturated heterocycles. The van der Waals surface area contributed by atoms with Crippen molar-refractivity contribution < 1.29 is 4.42 Å². The van der Waals surface area contributed by atoms with Crippen molar-refractivity contribution in [1.82, 2.24) is 13.7 Å². The Labute approximate surface area is 675 Å². The lowest BCUT2D eigenvalue weighted by Gasteiger charge is -2.16. The summed E-state index contributed by atoms with van der Waals surface area (Å²) < 4.78 is 16.4. The summed E-state index contributed by atoms with van der Waals surface area (Å²) >= 11 is 1.89. The maximum Gasteiger partial charge on any atom is 0.143 e. The number of thiophene rings is 1. The molecule has 5 heterocycles. The standard InChI is InChI=1S/C56H37NO.C55H36N2S/c1-35-29-40(31-41(30-35)38-25-28-53-50(33-38)45-17-8-10-21-52(45)57(53)42-15-6-3-7-16-42)37-23-27-47-49(32-37)44-26-24-39(34-51(44)55(47)36-13-4-2-5-14-36)43-19-12-20-48-46-18-9-11-22-54(46)58-56(43)48;1-35-29-39(36-24-27-51-48(32-36)44-17-8-10-21-50(44)56(51)41-13-4-2-5-14-41)31-40(30-35)37-25-28-52-49(33-37)45-26-23-38(34-53(45)57(52)42-15-6-3-7-16-42)43-19-12-20-47-46-18-9-11-22-54(46)58-55(43)47/h2-34,55H,1H3;2-34H,1H3. The number of benzene rings is 18. The third-order valence-corrected chi connectivity index (χ3v) is 25.4. The van der Waals surface area contributed by atoms with Gasteiger partial charge in [-0.2, -0.15) is 0 Å². The van der Waals surface area contributed by atoms with E-state index < -0.39 is 0 Å². The molecule has 23 aromatic rings. The predicted molar refractivity (Wildman–Crippen MR) is 491 cm³/mol. The molecule has 0 spiro atoms. The Kier molecular flexibility index (Phi) is 15.7. The van der Waals surface area contributed by atoms with Crippen LogP contribution in [0.4, 0.5) is 0 Å². The molecule has 1 atom stereocenters. The molecule has 0 amide bonds. The lowest BCUT2D eigenvalue weighted by atomic mass is 9.87. The van der Waals surface area contributed by atoms with Crippen LogP contribution in [0.3, 0.4) is 0 Å². The Hall–Kier alpha value is -14.6. The highest BCUT2D eigenvalue weighted by Gasteiger charge is 2.32. The molecule has 0 radical (unpaired) electrons. The summed E-state index contributed by atoms with van der Waals surface area (Å²) in [6.07, 6.45) is 0. The highest BCUT2D eigenvalue weighted by molar-refractivity contribution is 7.26. The smallest absolute Gasteiger partial charge is 0.143 e. The highest BCUT2D eigenvalue weighted by atomic mass is 32.1. The minimum Gasteiger partial charge on any atom is -0.455 e. The highest BCUT2D eigenvalue weighted by Crippen LogP contribution is 2.52. The molecule has 5 heteroatoms. The molecule has 4 nitrogen and oxygen atoms in total. The van der Waals surface area contributed by atoms with Gasteiger partial charge in [0.05, 0.1) is 33.1 Å². The molecule has 1 aliphatic carbocycles. The van der Waals surface area contributed by atoms with Gasteiger partial charge in [-0.3, -0.25) is 0 Å². The van der Waals surface area contributed by atoms with Crippen LogP contribution < -0.4 is 0 Å². The van der Waals surface area contributed by atoms with E-state index in [0.29, 0.717) is 0 Å². The second-order valence-electron chi connectivity index (χ2n) is 31.2. The van der Waals surface area contributed by atoms with E-state index in [9.17, 15) is 0 Å². The van der Waals surface area contributed by atoms with Crippen molar-refractivity contribution in [3.8, 4) is 95.0 Å². The van der Waals surface area contributed by atoms with Gasteiger partial charge in [0.25, 0.3) is 0 Å². The largest absolute Gasteiger partial charge is 0.455 e. The molecule has 1 aliphatic rings. The van der Waals surface area contributed by atoms with Gasteiger partial charge in [0.15, 0.2) is 0 Å². The summed E-state index contributed by atoms with van der Waals surface area (Å²) in [7, 11) is 0. The average Bonchev–Trinajstić information content (AvgIpc) is 1.63. The number of rotatable bonds is 10. The molecule has 24 rings (SSSR count). The first-order chi connectivity index (χ1) is 57.3. The van der Waals surface area contributed by atoms with E-state index in [1.54, 1.807) is 0 Å². The van der Waals surface area contributed by atoms with Gasteiger partial charge in [0.1, 0.15) is 11.2 Å². The van der Waals surface area contributed by atoms with Crippen molar-refractivity contribution in [2.45, 2.75) is 19.8 Å². The second kappa shape index (κ2) is 27.1. The van der Waals surface area contributed by atoms with Gasteiger partial charge in [-0.1, -0.05) is 273 Å². The number of aromatic nitrogens is 3. The fourth-order valence-corrected chi connectivity index (χ4v) is 20.3. The van der Waals surface area contributed by atoms with Crippen LogP contribution in [-0.2, 0) is 0 Å². The van der Waals surface area contributed by atoms with Crippen LogP contribution in [0, 0.1) is 13.8 Å². The van der Waals surface area contributed by atoms with E-state index in [0.717, 1.165) is 33.2 Å². The number of hydrogen-bond donors (Lipinski definition) is 0. The van der Waals surface area contributed by atoms with Gasteiger partial charge < -0.3 is 18.1 Å². The minimum absolute atomic E-state index is 0.132. The number of hydrogen-bond acceptors (Lipinski definition) is 2. The van der Waals surface area contributed by atoms with Gasteiger partial charge in [0.2, 0.25) is 0 Å². The summed E-state index contributed by atoms with van der Waals surface area (Å²) in [4.78, 5) is 0. The van der Waals surface area contributed by atoms with Crippen LogP contribution in [0.1, 0.15) is 33.7 Å². The number of fused-ring (bicyclic) bond motifs is 18. The maximum atomic E-state index is 6.50. The van der Waals surface area contributed by atoms with Gasteiger partial charge >= 0.3 is 0 Å². The zero-order valence-electron chi connectivity index (χ0n) is 63.8. The molecule has 544 valence electrons. The lowest BCUT2D eigenvalue weighted by Crippen LogP contribution is -1.99. The molecule has 0 aliphatic heterocycles. The topological polar surface area (TPSA) is 27.9 Å². The Bertz CT molecular complexity index is 7910. The summed E-state index contributed by atoms with van der Waals surface area (Å²) in [5.74, 6) is 0.132. The van der Waals surface area contributed by atoms with E-state index in [-0.39, 0.29) is 5.92 Å². The summed E-state index contributed by atoms with van der Waals surface area (Å²) in [5, 5.41) is 12.5. The zero-order chi connectivity index (χ0) is 76.6. The number of aryl methyl sites for hydroxylation is 2. The van der Waals surface area contributed by atoms with E-state index in [1.807, 2.05) is 17.4 Å². The van der Waals surface area contributed by atoms with E-state index in [2.05, 4.69) is 422 Å². The first-order valence-corrected chi connectivity index (χ1v) is 40.8. The monoisotopic (exact) mass is 1500 g/mol. The molecule has 0 N–H and O–H groups in total. The lowest BCUT2D eigenvalue weighted by molar-refractivity contribution is 0.670. The summed E-state index contributed by atoms with van der Waals surface area (Å²) in [6.45, 7) is 4.43. The third-order valence-electron chi connectivity index (χ3n) is 24.2. The van der Waals surface area contributed by atoms with Crippen LogP contribution in [0.25, 0.3) is 202 Å². The first-order valence-electron chi connectivity index (χ1n) is 40.0. The number of furan rings is 1. The Morgan fingerprint density at radius 1 is 0.233 bits per heavy atom. The molecule has 1 unspecified atom stereocenters. The first kappa shape index (κ1) is 67.1. The molecule has 0 saturated carbocycles. The van der Waals surface area contributed by atoms with E-state index in [1.165, 1.54) is 197 Å². The molecule has 116 heavy (non-hydrogen) atoms. The SMILES string of the molecule is Cc1cc(-c2ccc3c(c2)-c2ccc(-c4cccc5c4oc4ccccc45)cc2C3c2ccccc2)cc(-c2ccc3c(c2)c2ccccc2n3-c2ccccc2)c1.Cc1cc(-c2ccc3c(c2)c2ccccc2n3-c2ccccc2)cc(-c2ccc3c(c2)c2ccc(-c4cccc5c4sc4ccccc45)cc2n3-c2ccccc2)c1. The van der Waals surface area contributed by atoms with Crippen LogP contribution >= 0.6 is 11.3 Å². The van der Waals surface area contributed by atoms with Crippen LogP contribution in [0.2, 0.25) is 0 Å². The average molecular weight is 1500 g/mol. The molecule has 5 aromatic heterocycles. The molecule has 0 bridgehead atoms. The van der Waals surface area contributed by atoms with Gasteiger partial charge in [0, 0.05) is 91.8 Å². The van der Waals surface area contributed by atoms with Crippen LogP contribution in [-0.4, -0.2) is 13.7 Å². The maximum absolute atomic E-state index is 6.50. The van der Waals surface area contributed by atoms with E-state index >= 15 is 0 Å². The van der Waals surface area contributed by atoms with Gasteiger partial charge in [-0.05, 0) is 241 Å². The van der Waals surface area contributed by atoms with Gasteiger partial charge in [-0.15, -0.1) is 11.3 Å². The Balaban J connectivity index is 0.000000137. The molecule has 18 aromatic carbocycles. The molecular formula is C111H73N3OS. The van der Waals surface area contributed by atoms with Crippen LogP contribution in [0.15, 0.2) is 405 Å². The van der Waals surface area contributed by atoms with E-state index in [4.69, 9.17) is 4.42 Å². The van der Waals surface area contributed by atoms with Crippen molar-refractivity contribution in [2.24, 2.45) is 0 Å². The van der Waals surface area contributed by atoms with Crippen molar-refractivity contribution in [3.63, 3.8) is 0 Å². The fraction of sp³-hybridized carbons (Fsp3) is 0.0270. The van der Waals surface area contributed by atoms with Crippen molar-refractivity contribution in [2.75, 3.05) is 0 Å². The minimum atomic E-state index is 0.132.